The molecule has 1 aliphatic carbocycles. The van der Waals surface area contributed by atoms with Crippen molar-refractivity contribution in [2.45, 2.75) is 51.2 Å². The lowest BCUT2D eigenvalue weighted by atomic mass is 10.1. The van der Waals surface area contributed by atoms with E-state index in [2.05, 4.69) is 12.2 Å². The van der Waals surface area contributed by atoms with Gasteiger partial charge in [-0.05, 0) is 44.1 Å². The Labute approximate surface area is 103 Å². The quantitative estimate of drug-likeness (QED) is 0.768. The number of carbonyl (C=O) groups is 1. The highest BCUT2D eigenvalue weighted by Crippen LogP contribution is 2.29. The van der Waals surface area contributed by atoms with Crippen LogP contribution in [-0.2, 0) is 9.53 Å². The Morgan fingerprint density at radius 3 is 2.71 bits per heavy atom. The largest absolute Gasteiger partial charge is 0.479 e. The summed E-state index contributed by atoms with van der Waals surface area (Å²) in [5.41, 5.74) is 0. The Morgan fingerprint density at radius 2 is 2.12 bits per heavy atom. The summed E-state index contributed by atoms with van der Waals surface area (Å²) in [5.74, 6) is 0.861. The van der Waals surface area contributed by atoms with Crippen LogP contribution in [0.3, 0.4) is 0 Å². The van der Waals surface area contributed by atoms with Gasteiger partial charge in [0.15, 0.2) is 6.10 Å². The van der Waals surface area contributed by atoms with Crippen molar-refractivity contribution in [1.82, 2.24) is 5.32 Å². The maximum absolute atomic E-state index is 10.7. The summed E-state index contributed by atoms with van der Waals surface area (Å²) in [7, 11) is 0. The van der Waals surface area contributed by atoms with E-state index >= 15 is 0 Å². The Morgan fingerprint density at radius 1 is 1.29 bits per heavy atom. The molecule has 0 amide bonds. The molecule has 0 bridgehead atoms. The fourth-order valence-electron chi connectivity index (χ4n) is 3.00. The number of hydrogen-bond donors (Lipinski definition) is 2. The molecule has 0 radical (unpaired) electrons. The topological polar surface area (TPSA) is 58.6 Å². The van der Waals surface area contributed by atoms with Crippen molar-refractivity contribution in [3.05, 3.63) is 0 Å². The molecule has 4 nitrogen and oxygen atoms in total. The van der Waals surface area contributed by atoms with Crippen molar-refractivity contribution in [3.8, 4) is 0 Å². The van der Waals surface area contributed by atoms with Gasteiger partial charge in [0.2, 0.25) is 0 Å². The first-order valence-corrected chi connectivity index (χ1v) is 6.74. The predicted molar refractivity (Wildman–Crippen MR) is 64.9 cm³/mol. The highest BCUT2D eigenvalue weighted by molar-refractivity contribution is 5.72. The summed E-state index contributed by atoms with van der Waals surface area (Å²) in [6.07, 6.45) is 5.05. The molecule has 1 aliphatic heterocycles. The third kappa shape index (κ3) is 3.68. The van der Waals surface area contributed by atoms with Gasteiger partial charge in [-0.1, -0.05) is 13.3 Å². The van der Waals surface area contributed by atoms with Crippen molar-refractivity contribution >= 4 is 5.97 Å². The highest BCUT2D eigenvalue weighted by atomic mass is 16.5. The molecule has 17 heavy (non-hydrogen) atoms. The summed E-state index contributed by atoms with van der Waals surface area (Å²) in [6, 6.07) is 0. The minimum absolute atomic E-state index is 0.0925. The van der Waals surface area contributed by atoms with Gasteiger partial charge in [-0.2, -0.15) is 0 Å². The minimum Gasteiger partial charge on any atom is -0.479 e. The molecule has 1 saturated carbocycles. The smallest absolute Gasteiger partial charge is 0.332 e. The lowest BCUT2D eigenvalue weighted by Gasteiger charge is -2.15. The van der Waals surface area contributed by atoms with E-state index in [4.69, 9.17) is 9.84 Å². The van der Waals surface area contributed by atoms with Crippen LogP contribution in [-0.4, -0.2) is 36.4 Å². The zero-order valence-corrected chi connectivity index (χ0v) is 10.5. The third-order valence-electron chi connectivity index (χ3n) is 3.99. The normalized spacial score (nSPS) is 37.5. The fourth-order valence-corrected chi connectivity index (χ4v) is 3.00. The van der Waals surface area contributed by atoms with Gasteiger partial charge >= 0.3 is 5.97 Å². The number of carboxylic acids is 1. The van der Waals surface area contributed by atoms with Gasteiger partial charge in [0.1, 0.15) is 0 Å². The summed E-state index contributed by atoms with van der Waals surface area (Å²) >= 11 is 0. The van der Waals surface area contributed by atoms with Gasteiger partial charge in [-0.15, -0.1) is 0 Å². The monoisotopic (exact) mass is 241 g/mol. The van der Waals surface area contributed by atoms with E-state index in [-0.39, 0.29) is 6.10 Å². The van der Waals surface area contributed by atoms with Crippen molar-refractivity contribution in [1.29, 1.82) is 0 Å². The molecule has 2 aliphatic rings. The lowest BCUT2D eigenvalue weighted by molar-refractivity contribution is -0.149. The van der Waals surface area contributed by atoms with Crippen LogP contribution < -0.4 is 5.32 Å². The second kappa shape index (κ2) is 5.83. The molecule has 1 saturated heterocycles. The Bertz CT molecular complexity index is 269. The van der Waals surface area contributed by atoms with Crippen molar-refractivity contribution in [3.63, 3.8) is 0 Å². The molecule has 0 aromatic carbocycles. The number of nitrogens with one attached hydrogen (secondary N) is 1. The van der Waals surface area contributed by atoms with E-state index in [1.165, 1.54) is 19.3 Å². The second-order valence-electron chi connectivity index (χ2n) is 5.60. The maximum atomic E-state index is 10.7. The maximum Gasteiger partial charge on any atom is 0.332 e. The highest BCUT2D eigenvalue weighted by Gasteiger charge is 2.30. The molecule has 4 atom stereocenters. The first-order valence-electron chi connectivity index (χ1n) is 6.74. The van der Waals surface area contributed by atoms with Crippen molar-refractivity contribution < 1.29 is 14.6 Å². The first-order chi connectivity index (χ1) is 8.15. The standard InChI is InChI=1S/C13H23NO3/c1-9-2-3-10(6-9)7-14-8-11-4-5-12(17-11)13(15)16/h9-12,14H,2-8H2,1H3,(H,15,16). The molecule has 2 fully saturated rings. The van der Waals surface area contributed by atoms with Crippen LogP contribution in [0.1, 0.15) is 39.0 Å². The number of aliphatic carboxylic acids is 1. The van der Waals surface area contributed by atoms with Crippen LogP contribution >= 0.6 is 0 Å². The molecular weight excluding hydrogens is 218 g/mol. The lowest BCUT2D eigenvalue weighted by Crippen LogP contribution is -2.31. The van der Waals surface area contributed by atoms with E-state index in [0.717, 1.165) is 31.3 Å². The fraction of sp³-hybridized carbons (Fsp3) is 0.923. The van der Waals surface area contributed by atoms with Crippen LogP contribution in [0.25, 0.3) is 0 Å². The van der Waals surface area contributed by atoms with Crippen LogP contribution in [0.15, 0.2) is 0 Å². The molecule has 1 heterocycles. The van der Waals surface area contributed by atoms with Crippen LogP contribution in [0.4, 0.5) is 0 Å². The second-order valence-corrected chi connectivity index (χ2v) is 5.60. The Kier molecular flexibility index (Phi) is 4.40. The minimum atomic E-state index is -0.822. The molecule has 0 spiro atoms. The van der Waals surface area contributed by atoms with Crippen molar-refractivity contribution in [2.75, 3.05) is 13.1 Å². The Balaban J connectivity index is 1.58. The third-order valence-corrected chi connectivity index (χ3v) is 3.99. The molecule has 0 aromatic heterocycles. The van der Waals surface area contributed by atoms with Crippen LogP contribution in [0, 0.1) is 11.8 Å². The molecule has 98 valence electrons. The van der Waals surface area contributed by atoms with Crippen molar-refractivity contribution in [2.24, 2.45) is 11.8 Å². The van der Waals surface area contributed by atoms with E-state index in [9.17, 15) is 4.79 Å². The number of carboxylic acid groups (broad SMARTS) is 1. The summed E-state index contributed by atoms with van der Waals surface area (Å²) in [6.45, 7) is 4.17. The van der Waals surface area contributed by atoms with Gasteiger partial charge in [-0.25, -0.2) is 4.79 Å². The van der Waals surface area contributed by atoms with E-state index in [1.54, 1.807) is 0 Å². The molecule has 2 rings (SSSR count). The van der Waals surface area contributed by atoms with E-state index in [0.29, 0.717) is 6.42 Å². The molecule has 4 heteroatoms. The van der Waals surface area contributed by atoms with Gasteiger partial charge < -0.3 is 15.2 Å². The average Bonchev–Trinajstić information content (AvgIpc) is 2.88. The van der Waals surface area contributed by atoms with Crippen LogP contribution in [0.2, 0.25) is 0 Å². The van der Waals surface area contributed by atoms with E-state index < -0.39 is 12.1 Å². The summed E-state index contributed by atoms with van der Waals surface area (Å²) in [5, 5.41) is 12.2. The zero-order chi connectivity index (χ0) is 12.3. The summed E-state index contributed by atoms with van der Waals surface area (Å²) in [4.78, 5) is 10.7. The Hall–Kier alpha value is -0.610. The van der Waals surface area contributed by atoms with Gasteiger partial charge in [0, 0.05) is 6.54 Å². The number of hydrogen-bond acceptors (Lipinski definition) is 3. The zero-order valence-electron chi connectivity index (χ0n) is 10.5. The number of ether oxygens (including phenoxy) is 1. The van der Waals surface area contributed by atoms with Crippen LogP contribution in [0.5, 0.6) is 0 Å². The SMILES string of the molecule is CC1CCC(CNCC2CCC(C(=O)O)O2)C1. The average molecular weight is 241 g/mol. The van der Waals surface area contributed by atoms with E-state index in [1.807, 2.05) is 0 Å². The molecular formula is C13H23NO3. The molecule has 4 unspecified atom stereocenters. The summed E-state index contributed by atoms with van der Waals surface area (Å²) < 4.78 is 5.45. The van der Waals surface area contributed by atoms with Gasteiger partial charge in [-0.3, -0.25) is 0 Å². The number of rotatable bonds is 5. The first kappa shape index (κ1) is 12.8. The predicted octanol–water partition coefficient (Wildman–Crippen LogP) is 1.64. The molecule has 2 N–H and O–H groups in total. The van der Waals surface area contributed by atoms with Gasteiger partial charge in [0.25, 0.3) is 0 Å². The molecule has 0 aromatic rings. The van der Waals surface area contributed by atoms with Gasteiger partial charge in [0.05, 0.1) is 6.10 Å².